The molecule has 0 spiro atoms. The molecule has 3 unspecified atom stereocenters. The maximum absolute atomic E-state index is 12.0. The Balaban J connectivity index is 2.60. The fourth-order valence-electron chi connectivity index (χ4n) is 2.48. The number of carbonyl (C=O) groups excluding carboxylic acids is 1. The van der Waals surface area contributed by atoms with Crippen molar-refractivity contribution in [1.82, 2.24) is 10.2 Å². The van der Waals surface area contributed by atoms with Gasteiger partial charge in [-0.3, -0.25) is 4.79 Å². The monoisotopic (exact) mass is 256 g/mol. The molecule has 1 N–H and O–H groups in total. The van der Waals surface area contributed by atoms with E-state index in [-0.39, 0.29) is 5.97 Å². The van der Waals surface area contributed by atoms with Crippen LogP contribution in [-0.2, 0) is 9.53 Å². The van der Waals surface area contributed by atoms with Crippen LogP contribution in [0.2, 0.25) is 0 Å². The summed E-state index contributed by atoms with van der Waals surface area (Å²) in [6.07, 6.45) is 1.21. The van der Waals surface area contributed by atoms with E-state index in [9.17, 15) is 4.79 Å². The number of rotatable bonds is 5. The smallest absolute Gasteiger partial charge is 0.327 e. The minimum Gasteiger partial charge on any atom is -0.465 e. The quantitative estimate of drug-likeness (QED) is 0.757. The first-order valence-electron chi connectivity index (χ1n) is 7.01. The van der Waals surface area contributed by atoms with Crippen LogP contribution < -0.4 is 5.32 Å². The second-order valence-electron chi connectivity index (χ2n) is 5.78. The Labute approximate surface area is 111 Å². The molecule has 1 aliphatic heterocycles. The molecule has 1 aliphatic rings. The normalized spacial score (nSPS) is 28.7. The van der Waals surface area contributed by atoms with Gasteiger partial charge in [0.25, 0.3) is 0 Å². The first-order valence-corrected chi connectivity index (χ1v) is 7.01. The number of nitrogens with zero attached hydrogens (tertiary/aromatic N) is 1. The van der Waals surface area contributed by atoms with E-state index < -0.39 is 5.54 Å². The molecule has 1 fully saturated rings. The van der Waals surface area contributed by atoms with E-state index in [0.717, 1.165) is 25.6 Å². The van der Waals surface area contributed by atoms with Crippen LogP contribution >= 0.6 is 0 Å². The minimum atomic E-state index is -0.601. The van der Waals surface area contributed by atoms with Crippen LogP contribution in [-0.4, -0.2) is 49.7 Å². The molecule has 0 amide bonds. The molecule has 4 heteroatoms. The molecule has 0 aromatic carbocycles. The van der Waals surface area contributed by atoms with Gasteiger partial charge in [-0.05, 0) is 45.7 Å². The largest absolute Gasteiger partial charge is 0.465 e. The van der Waals surface area contributed by atoms with Gasteiger partial charge in [0, 0.05) is 13.1 Å². The van der Waals surface area contributed by atoms with Crippen LogP contribution in [0.1, 0.15) is 34.1 Å². The van der Waals surface area contributed by atoms with E-state index in [1.807, 2.05) is 20.9 Å². The Morgan fingerprint density at radius 2 is 2.11 bits per heavy atom. The van der Waals surface area contributed by atoms with E-state index >= 15 is 0 Å². The van der Waals surface area contributed by atoms with Crippen molar-refractivity contribution in [1.29, 1.82) is 0 Å². The lowest BCUT2D eigenvalue weighted by Crippen LogP contribution is -2.58. The number of carbonyl (C=O) groups is 1. The van der Waals surface area contributed by atoms with Crippen molar-refractivity contribution >= 4 is 5.97 Å². The molecule has 0 saturated carbocycles. The minimum absolute atomic E-state index is 0.154. The van der Waals surface area contributed by atoms with Gasteiger partial charge in [-0.25, -0.2) is 0 Å². The van der Waals surface area contributed by atoms with Gasteiger partial charge in [0.1, 0.15) is 5.54 Å². The van der Waals surface area contributed by atoms with E-state index in [2.05, 4.69) is 24.1 Å². The summed E-state index contributed by atoms with van der Waals surface area (Å²) < 4.78 is 5.16. The van der Waals surface area contributed by atoms with Gasteiger partial charge in [-0.1, -0.05) is 13.8 Å². The molecule has 0 aromatic heterocycles. The van der Waals surface area contributed by atoms with Crippen LogP contribution in [0.25, 0.3) is 0 Å². The molecular formula is C14H28N2O2. The predicted molar refractivity (Wildman–Crippen MR) is 73.5 cm³/mol. The Kier molecular flexibility index (Phi) is 5.60. The molecule has 4 nitrogen and oxygen atoms in total. The third-order valence-corrected chi connectivity index (χ3v) is 4.24. The van der Waals surface area contributed by atoms with Crippen molar-refractivity contribution in [2.75, 3.05) is 33.3 Å². The maximum Gasteiger partial charge on any atom is 0.327 e. The van der Waals surface area contributed by atoms with E-state index in [4.69, 9.17) is 4.74 Å². The molecule has 106 valence electrons. The molecule has 0 aromatic rings. The number of piperidine rings is 1. The average Bonchev–Trinajstić information content (AvgIpc) is 2.34. The summed E-state index contributed by atoms with van der Waals surface area (Å²) in [5.41, 5.74) is -0.601. The van der Waals surface area contributed by atoms with Crippen LogP contribution in [0, 0.1) is 11.8 Å². The zero-order valence-electron chi connectivity index (χ0n) is 12.5. The van der Waals surface area contributed by atoms with Gasteiger partial charge in [0.05, 0.1) is 6.61 Å². The summed E-state index contributed by atoms with van der Waals surface area (Å²) in [4.78, 5) is 14.4. The third kappa shape index (κ3) is 3.69. The number of esters is 1. The predicted octanol–water partition coefficient (Wildman–Crippen LogP) is 1.51. The number of ether oxygens (including phenoxy) is 1. The van der Waals surface area contributed by atoms with Crippen molar-refractivity contribution < 1.29 is 9.53 Å². The number of nitrogens with one attached hydrogen (secondary N) is 1. The highest BCUT2D eigenvalue weighted by atomic mass is 16.5. The van der Waals surface area contributed by atoms with E-state index in [0.29, 0.717) is 12.5 Å². The highest BCUT2D eigenvalue weighted by Gasteiger charge is 2.36. The molecule has 0 bridgehead atoms. The lowest BCUT2D eigenvalue weighted by atomic mass is 9.87. The van der Waals surface area contributed by atoms with Gasteiger partial charge < -0.3 is 15.0 Å². The van der Waals surface area contributed by atoms with Crippen molar-refractivity contribution in [3.8, 4) is 0 Å². The summed E-state index contributed by atoms with van der Waals surface area (Å²) in [5, 5.41) is 3.12. The van der Waals surface area contributed by atoms with Crippen LogP contribution in [0.15, 0.2) is 0 Å². The lowest BCUT2D eigenvalue weighted by Gasteiger charge is -2.39. The Morgan fingerprint density at radius 3 is 2.61 bits per heavy atom. The summed E-state index contributed by atoms with van der Waals surface area (Å²) in [7, 11) is 1.83. The zero-order chi connectivity index (χ0) is 13.8. The van der Waals surface area contributed by atoms with Crippen molar-refractivity contribution in [3.63, 3.8) is 0 Å². The second-order valence-corrected chi connectivity index (χ2v) is 5.78. The number of likely N-dealkylation sites (N-methyl/N-ethyl adjacent to an activating group) is 1. The molecule has 1 saturated heterocycles. The highest BCUT2D eigenvalue weighted by Crippen LogP contribution is 2.23. The van der Waals surface area contributed by atoms with Gasteiger partial charge in [-0.2, -0.15) is 0 Å². The maximum atomic E-state index is 12.0. The number of likely N-dealkylation sites (tertiary alicyclic amines) is 1. The summed E-state index contributed by atoms with van der Waals surface area (Å²) in [5.74, 6) is 1.32. The van der Waals surface area contributed by atoms with Gasteiger partial charge in [-0.15, -0.1) is 0 Å². The topological polar surface area (TPSA) is 41.6 Å². The SMILES string of the molecule is CCOC(=O)C(C)(CN1CCC(C)C(C)C1)NC. The van der Waals surface area contributed by atoms with Crippen LogP contribution in [0.4, 0.5) is 0 Å². The Hall–Kier alpha value is -0.610. The standard InChI is InChI=1S/C14H28N2O2/c1-6-18-13(17)14(4,15-5)10-16-8-7-11(2)12(3)9-16/h11-12,15H,6-10H2,1-5H3. The summed E-state index contributed by atoms with van der Waals surface area (Å²) in [6, 6.07) is 0. The van der Waals surface area contributed by atoms with E-state index in [1.165, 1.54) is 6.42 Å². The average molecular weight is 256 g/mol. The Bertz CT molecular complexity index is 283. The van der Waals surface area contributed by atoms with Gasteiger partial charge >= 0.3 is 5.97 Å². The fraction of sp³-hybridized carbons (Fsp3) is 0.929. The third-order valence-electron chi connectivity index (χ3n) is 4.24. The molecule has 18 heavy (non-hydrogen) atoms. The van der Waals surface area contributed by atoms with Crippen molar-refractivity contribution in [2.24, 2.45) is 11.8 Å². The Morgan fingerprint density at radius 1 is 1.44 bits per heavy atom. The van der Waals surface area contributed by atoms with Crippen molar-refractivity contribution in [2.45, 2.75) is 39.7 Å². The molecule has 1 heterocycles. The molecule has 0 radical (unpaired) electrons. The fourth-order valence-corrected chi connectivity index (χ4v) is 2.48. The number of hydrogen-bond acceptors (Lipinski definition) is 4. The molecule has 3 atom stereocenters. The molecular weight excluding hydrogens is 228 g/mol. The van der Waals surface area contributed by atoms with E-state index in [1.54, 1.807) is 0 Å². The summed E-state index contributed by atoms with van der Waals surface area (Å²) >= 11 is 0. The first-order chi connectivity index (χ1) is 8.42. The highest BCUT2D eigenvalue weighted by molar-refractivity contribution is 5.80. The summed E-state index contributed by atoms with van der Waals surface area (Å²) in [6.45, 7) is 11.7. The first kappa shape index (κ1) is 15.4. The molecule has 0 aliphatic carbocycles. The van der Waals surface area contributed by atoms with Gasteiger partial charge in [0.15, 0.2) is 0 Å². The number of hydrogen-bond donors (Lipinski definition) is 1. The second kappa shape index (κ2) is 6.53. The van der Waals surface area contributed by atoms with Crippen LogP contribution in [0.3, 0.4) is 0 Å². The van der Waals surface area contributed by atoms with Gasteiger partial charge in [0.2, 0.25) is 0 Å². The molecule has 1 rings (SSSR count). The van der Waals surface area contributed by atoms with Crippen molar-refractivity contribution in [3.05, 3.63) is 0 Å². The van der Waals surface area contributed by atoms with Crippen LogP contribution in [0.5, 0.6) is 0 Å². The zero-order valence-corrected chi connectivity index (χ0v) is 12.5. The lowest BCUT2D eigenvalue weighted by molar-refractivity contribution is -0.151.